The van der Waals surface area contributed by atoms with Crippen LogP contribution in [0, 0.1) is 10.1 Å². The summed E-state index contributed by atoms with van der Waals surface area (Å²) < 4.78 is 0. The number of nitro benzene ring substituents is 1. The molecule has 0 heterocycles. The summed E-state index contributed by atoms with van der Waals surface area (Å²) in [6.45, 7) is 0. The van der Waals surface area contributed by atoms with Gasteiger partial charge in [-0.3, -0.25) is 19.7 Å². The molecule has 0 aliphatic carbocycles. The molecule has 90 valence electrons. The maximum absolute atomic E-state index is 11.6. The van der Waals surface area contributed by atoms with Crippen molar-refractivity contribution in [3.8, 4) is 0 Å². The molecule has 0 radical (unpaired) electrons. The Morgan fingerprint density at radius 3 is 2.24 bits per heavy atom. The largest absolute Gasteiger partial charge is 0.370 e. The molecular weight excluding hydrogens is 224 g/mol. The van der Waals surface area contributed by atoms with Crippen molar-refractivity contribution in [2.75, 3.05) is 0 Å². The zero-order valence-electron chi connectivity index (χ0n) is 9.09. The summed E-state index contributed by atoms with van der Waals surface area (Å²) in [5.74, 6) is -0.595. The fourth-order valence-electron chi connectivity index (χ4n) is 1.34. The van der Waals surface area contributed by atoms with Crippen LogP contribution in [0.2, 0.25) is 0 Å². The van der Waals surface area contributed by atoms with Crippen LogP contribution >= 0.6 is 0 Å². The standard InChI is InChI=1S/C11H12N2O4/c12-11(15)3-1-2-10(14)8-4-6-9(7-5-8)13(16)17/h4-7H,1-3H2,(H2,12,15). The molecular formula is C11H12N2O4. The fraction of sp³-hybridized carbons (Fsp3) is 0.273. The lowest BCUT2D eigenvalue weighted by Gasteiger charge is -1.99. The molecule has 0 atom stereocenters. The Morgan fingerprint density at radius 2 is 1.76 bits per heavy atom. The van der Waals surface area contributed by atoms with Gasteiger partial charge < -0.3 is 5.73 Å². The highest BCUT2D eigenvalue weighted by Gasteiger charge is 2.09. The van der Waals surface area contributed by atoms with Crippen molar-refractivity contribution < 1.29 is 14.5 Å². The van der Waals surface area contributed by atoms with Crippen molar-refractivity contribution >= 4 is 17.4 Å². The van der Waals surface area contributed by atoms with Crippen molar-refractivity contribution in [1.29, 1.82) is 0 Å². The number of hydrogen-bond donors (Lipinski definition) is 1. The van der Waals surface area contributed by atoms with Crippen LogP contribution in [0.5, 0.6) is 0 Å². The molecule has 0 unspecified atom stereocenters. The highest BCUT2D eigenvalue weighted by molar-refractivity contribution is 5.96. The maximum atomic E-state index is 11.6. The Hall–Kier alpha value is -2.24. The number of Topliss-reactive ketones (excluding diaryl/α,β-unsaturated/α-hetero) is 1. The number of amides is 1. The lowest BCUT2D eigenvalue weighted by atomic mass is 10.1. The monoisotopic (exact) mass is 236 g/mol. The first-order valence-electron chi connectivity index (χ1n) is 5.06. The summed E-state index contributed by atoms with van der Waals surface area (Å²) in [5.41, 5.74) is 5.29. The molecule has 0 bridgehead atoms. The van der Waals surface area contributed by atoms with Gasteiger partial charge in [-0.05, 0) is 18.6 Å². The topological polar surface area (TPSA) is 103 Å². The van der Waals surface area contributed by atoms with Gasteiger partial charge in [0.05, 0.1) is 4.92 Å². The SMILES string of the molecule is NC(=O)CCCC(=O)c1ccc([N+](=O)[O-])cc1. The molecule has 0 saturated heterocycles. The van der Waals surface area contributed by atoms with Gasteiger partial charge in [-0.1, -0.05) is 0 Å². The van der Waals surface area contributed by atoms with E-state index in [0.29, 0.717) is 12.0 Å². The van der Waals surface area contributed by atoms with E-state index < -0.39 is 10.8 Å². The molecule has 1 rings (SSSR count). The number of non-ortho nitro benzene ring substituents is 1. The molecule has 0 aliphatic rings. The normalized spacial score (nSPS) is 9.88. The number of nitrogens with two attached hydrogens (primary N) is 1. The number of carbonyl (C=O) groups is 2. The van der Waals surface area contributed by atoms with Crippen LogP contribution in [0.1, 0.15) is 29.6 Å². The van der Waals surface area contributed by atoms with Gasteiger partial charge in [-0.15, -0.1) is 0 Å². The van der Waals surface area contributed by atoms with E-state index in [2.05, 4.69) is 0 Å². The Bertz CT molecular complexity index is 439. The maximum Gasteiger partial charge on any atom is 0.269 e. The van der Waals surface area contributed by atoms with Crippen molar-refractivity contribution in [1.82, 2.24) is 0 Å². The van der Waals surface area contributed by atoms with Gasteiger partial charge in [0.1, 0.15) is 0 Å². The average Bonchev–Trinajstić information content (AvgIpc) is 2.28. The van der Waals surface area contributed by atoms with Crippen molar-refractivity contribution in [3.05, 3.63) is 39.9 Å². The van der Waals surface area contributed by atoms with E-state index >= 15 is 0 Å². The lowest BCUT2D eigenvalue weighted by molar-refractivity contribution is -0.384. The number of nitro groups is 1. The molecule has 0 fully saturated rings. The Labute approximate surface area is 97.6 Å². The number of primary amides is 1. The summed E-state index contributed by atoms with van der Waals surface area (Å²) in [7, 11) is 0. The second-order valence-electron chi connectivity index (χ2n) is 3.55. The zero-order valence-corrected chi connectivity index (χ0v) is 9.09. The third-order valence-corrected chi connectivity index (χ3v) is 2.23. The minimum atomic E-state index is -0.526. The van der Waals surface area contributed by atoms with Crippen LogP contribution in [0.4, 0.5) is 5.69 Å². The number of ketones is 1. The van der Waals surface area contributed by atoms with Gasteiger partial charge in [0.2, 0.25) is 5.91 Å². The highest BCUT2D eigenvalue weighted by atomic mass is 16.6. The van der Waals surface area contributed by atoms with Crippen LogP contribution < -0.4 is 5.73 Å². The first-order valence-corrected chi connectivity index (χ1v) is 5.06. The van der Waals surface area contributed by atoms with Gasteiger partial charge >= 0.3 is 0 Å². The lowest BCUT2D eigenvalue weighted by Crippen LogP contribution is -2.10. The van der Waals surface area contributed by atoms with Crippen LogP contribution in [-0.4, -0.2) is 16.6 Å². The van der Waals surface area contributed by atoms with Crippen molar-refractivity contribution in [3.63, 3.8) is 0 Å². The molecule has 0 aromatic heterocycles. The van der Waals surface area contributed by atoms with E-state index in [0.717, 1.165) is 0 Å². The van der Waals surface area contributed by atoms with Crippen LogP contribution in [-0.2, 0) is 4.79 Å². The van der Waals surface area contributed by atoms with Gasteiger partial charge in [0.25, 0.3) is 5.69 Å². The number of carbonyl (C=O) groups excluding carboxylic acids is 2. The molecule has 6 heteroatoms. The van der Waals surface area contributed by atoms with E-state index in [1.807, 2.05) is 0 Å². The summed E-state index contributed by atoms with van der Waals surface area (Å²) in [4.78, 5) is 31.9. The number of rotatable bonds is 6. The van der Waals surface area contributed by atoms with E-state index in [1.54, 1.807) is 0 Å². The van der Waals surface area contributed by atoms with Gasteiger partial charge in [0.15, 0.2) is 5.78 Å². The van der Waals surface area contributed by atoms with Crippen LogP contribution in [0.25, 0.3) is 0 Å². The molecule has 0 spiro atoms. The molecule has 17 heavy (non-hydrogen) atoms. The molecule has 1 aromatic carbocycles. The molecule has 0 aliphatic heterocycles. The summed E-state index contributed by atoms with van der Waals surface area (Å²) >= 11 is 0. The zero-order chi connectivity index (χ0) is 12.8. The van der Waals surface area contributed by atoms with Gasteiger partial charge in [-0.2, -0.15) is 0 Å². The summed E-state index contributed by atoms with van der Waals surface area (Å²) in [5, 5.41) is 10.4. The smallest absolute Gasteiger partial charge is 0.269 e. The molecule has 6 nitrogen and oxygen atoms in total. The molecule has 1 amide bonds. The molecule has 1 aromatic rings. The predicted molar refractivity (Wildman–Crippen MR) is 60.5 cm³/mol. The summed E-state index contributed by atoms with van der Waals surface area (Å²) in [6, 6.07) is 5.37. The van der Waals surface area contributed by atoms with Crippen molar-refractivity contribution in [2.24, 2.45) is 5.73 Å². The van der Waals surface area contributed by atoms with Crippen LogP contribution in [0.3, 0.4) is 0 Å². The predicted octanol–water partition coefficient (Wildman–Crippen LogP) is 1.43. The number of benzene rings is 1. The van der Waals surface area contributed by atoms with Crippen molar-refractivity contribution in [2.45, 2.75) is 19.3 Å². The highest BCUT2D eigenvalue weighted by Crippen LogP contribution is 2.14. The van der Waals surface area contributed by atoms with E-state index in [9.17, 15) is 19.7 Å². The van der Waals surface area contributed by atoms with E-state index in [1.165, 1.54) is 24.3 Å². The van der Waals surface area contributed by atoms with E-state index in [4.69, 9.17) is 5.73 Å². The Balaban J connectivity index is 2.57. The number of nitrogens with zero attached hydrogens (tertiary/aromatic N) is 1. The van der Waals surface area contributed by atoms with E-state index in [-0.39, 0.29) is 24.3 Å². The molecule has 0 saturated carbocycles. The Morgan fingerprint density at radius 1 is 1.18 bits per heavy atom. The van der Waals surface area contributed by atoms with Crippen LogP contribution in [0.15, 0.2) is 24.3 Å². The third-order valence-electron chi connectivity index (χ3n) is 2.23. The first-order chi connectivity index (χ1) is 8.00. The fourth-order valence-corrected chi connectivity index (χ4v) is 1.34. The van der Waals surface area contributed by atoms with Gasteiger partial charge in [-0.25, -0.2) is 0 Å². The minimum absolute atomic E-state index is 0.0568. The first kappa shape index (κ1) is 12.8. The quantitative estimate of drug-likeness (QED) is 0.458. The minimum Gasteiger partial charge on any atom is -0.370 e. The summed E-state index contributed by atoms with van der Waals surface area (Å²) in [6.07, 6.45) is 0.768. The molecule has 2 N–H and O–H groups in total. The second-order valence-corrected chi connectivity index (χ2v) is 3.55. The Kier molecular flexibility index (Phi) is 4.33. The third kappa shape index (κ3) is 4.02. The average molecular weight is 236 g/mol. The second kappa shape index (κ2) is 5.74. The van der Waals surface area contributed by atoms with Gasteiger partial charge in [0, 0.05) is 30.5 Å². The number of hydrogen-bond acceptors (Lipinski definition) is 4.